The fraction of sp³-hybridized carbons (Fsp3) is 0.300. The predicted molar refractivity (Wildman–Crippen MR) is 108 cm³/mol. The van der Waals surface area contributed by atoms with Gasteiger partial charge >= 0.3 is 0 Å². The normalized spacial score (nSPS) is 19.8. The van der Waals surface area contributed by atoms with E-state index in [1.165, 1.54) is 35.2 Å². The Morgan fingerprint density at radius 3 is 2.79 bits per heavy atom. The summed E-state index contributed by atoms with van der Waals surface area (Å²) in [7, 11) is 0. The topological polar surface area (TPSA) is 63.2 Å². The Bertz CT molecular complexity index is 968. The quantitative estimate of drug-likeness (QED) is 0.409. The van der Waals surface area contributed by atoms with E-state index in [0.717, 1.165) is 15.6 Å². The van der Waals surface area contributed by atoms with Crippen molar-refractivity contribution < 1.29 is 14.0 Å². The van der Waals surface area contributed by atoms with Crippen molar-refractivity contribution in [2.75, 3.05) is 10.7 Å². The molecule has 1 aliphatic carbocycles. The first-order valence-corrected chi connectivity index (χ1v) is 10.8. The Hall–Kier alpha value is -2.32. The van der Waals surface area contributed by atoms with Gasteiger partial charge in [0.05, 0.1) is 0 Å². The summed E-state index contributed by atoms with van der Waals surface area (Å²) in [5.74, 6) is -0.0235. The van der Waals surface area contributed by atoms with Crippen molar-refractivity contribution in [3.63, 3.8) is 0 Å². The molecule has 0 saturated carbocycles. The van der Waals surface area contributed by atoms with Crippen LogP contribution in [0.4, 0.5) is 9.52 Å². The summed E-state index contributed by atoms with van der Waals surface area (Å²) < 4.78 is 14.1. The molecule has 4 rings (SSSR count). The number of carbonyl (C=O) groups excluding carboxylic acids is 2. The van der Waals surface area contributed by atoms with Crippen molar-refractivity contribution in [1.82, 2.24) is 10.2 Å². The summed E-state index contributed by atoms with van der Waals surface area (Å²) in [5.41, 5.74) is 2.17. The van der Waals surface area contributed by atoms with Gasteiger partial charge in [0, 0.05) is 35.8 Å². The average molecular weight is 416 g/mol. The van der Waals surface area contributed by atoms with Crippen LogP contribution in [0.25, 0.3) is 0 Å². The van der Waals surface area contributed by atoms with E-state index in [9.17, 15) is 14.0 Å². The largest absolute Gasteiger partial charge is 0.294 e. The first-order valence-electron chi connectivity index (χ1n) is 9.00. The molecule has 1 aliphatic heterocycles. The number of aromatic nitrogens is 2. The van der Waals surface area contributed by atoms with Gasteiger partial charge in [0.2, 0.25) is 11.0 Å². The fourth-order valence-electron chi connectivity index (χ4n) is 3.68. The van der Waals surface area contributed by atoms with Crippen LogP contribution in [0.5, 0.6) is 0 Å². The lowest BCUT2D eigenvalue weighted by Crippen LogP contribution is -2.40. The third kappa shape index (κ3) is 3.54. The zero-order valence-corrected chi connectivity index (χ0v) is 16.7. The van der Waals surface area contributed by atoms with Crippen LogP contribution in [0.1, 0.15) is 37.2 Å². The number of rotatable bonds is 5. The van der Waals surface area contributed by atoms with Crippen molar-refractivity contribution in [2.24, 2.45) is 0 Å². The molecule has 0 spiro atoms. The van der Waals surface area contributed by atoms with Gasteiger partial charge in [-0.2, -0.15) is 0 Å². The van der Waals surface area contributed by atoms with Gasteiger partial charge in [-0.05, 0) is 30.5 Å². The molecule has 2 heterocycles. The second-order valence-corrected chi connectivity index (χ2v) is 8.85. The lowest BCUT2D eigenvalue weighted by Gasteiger charge is -2.36. The van der Waals surface area contributed by atoms with Gasteiger partial charge < -0.3 is 0 Å². The molecule has 144 valence electrons. The van der Waals surface area contributed by atoms with E-state index in [0.29, 0.717) is 35.7 Å². The zero-order chi connectivity index (χ0) is 19.7. The zero-order valence-electron chi connectivity index (χ0n) is 15.1. The molecule has 1 aromatic carbocycles. The molecule has 0 N–H and O–H groups in total. The van der Waals surface area contributed by atoms with E-state index in [2.05, 4.69) is 16.8 Å². The minimum atomic E-state index is -0.338. The number of nitrogens with zero attached hydrogens (tertiary/aromatic N) is 3. The maximum Gasteiger partial charge on any atom is 0.234 e. The molecule has 1 atom stereocenters. The number of hydrogen-bond donors (Lipinski definition) is 0. The molecule has 1 aromatic heterocycles. The molecule has 2 aliphatic rings. The standard InChI is InChI=1S/C20H18FN3O2S2/c1-2-10-27-20-23-22-19(28-20)24-15-4-3-5-16(25)18(15)14(11-17(24)26)12-6-8-13(21)9-7-12/h2,6-9,14H,1,3-5,10-11H2. The Labute approximate surface area is 170 Å². The van der Waals surface area contributed by atoms with Crippen LogP contribution in [0.2, 0.25) is 0 Å². The minimum absolute atomic E-state index is 0.0545. The molecule has 8 heteroatoms. The van der Waals surface area contributed by atoms with Crippen LogP contribution in [-0.4, -0.2) is 27.6 Å². The molecule has 0 saturated heterocycles. The van der Waals surface area contributed by atoms with E-state index in [1.54, 1.807) is 23.1 Å². The van der Waals surface area contributed by atoms with Crippen molar-refractivity contribution in [2.45, 2.75) is 35.9 Å². The third-order valence-electron chi connectivity index (χ3n) is 4.86. The van der Waals surface area contributed by atoms with Crippen LogP contribution in [0.15, 0.2) is 52.5 Å². The molecule has 1 amide bonds. The van der Waals surface area contributed by atoms with Crippen LogP contribution in [0, 0.1) is 5.82 Å². The van der Waals surface area contributed by atoms with Gasteiger partial charge in [0.15, 0.2) is 10.1 Å². The molecular weight excluding hydrogens is 397 g/mol. The van der Waals surface area contributed by atoms with Crippen molar-refractivity contribution in [3.05, 3.63) is 59.6 Å². The number of allylic oxidation sites excluding steroid dienone is 2. The van der Waals surface area contributed by atoms with Crippen LogP contribution >= 0.6 is 23.1 Å². The summed E-state index contributed by atoms with van der Waals surface area (Å²) in [5, 5.41) is 8.84. The van der Waals surface area contributed by atoms with E-state index in [4.69, 9.17) is 0 Å². The number of Topliss-reactive ketones (excluding diaryl/α,β-unsaturated/α-hetero) is 1. The Morgan fingerprint density at radius 2 is 2.04 bits per heavy atom. The Balaban J connectivity index is 1.75. The SMILES string of the molecule is C=CCSc1nnc(N2C(=O)CC(c3ccc(F)cc3)C3=C2CCCC3=O)s1. The number of hydrogen-bond acceptors (Lipinski definition) is 6. The number of anilines is 1. The summed E-state index contributed by atoms with van der Waals surface area (Å²) in [4.78, 5) is 27.4. The number of amides is 1. The predicted octanol–water partition coefficient (Wildman–Crippen LogP) is 4.48. The molecule has 0 fully saturated rings. The van der Waals surface area contributed by atoms with Gasteiger partial charge in [-0.15, -0.1) is 16.8 Å². The van der Waals surface area contributed by atoms with Gasteiger partial charge in [-0.1, -0.05) is 41.3 Å². The molecule has 1 unspecified atom stereocenters. The summed E-state index contributed by atoms with van der Waals surface area (Å²) >= 11 is 2.85. The highest BCUT2D eigenvalue weighted by atomic mass is 32.2. The fourth-order valence-corrected chi connectivity index (χ4v) is 5.32. The average Bonchev–Trinajstić information content (AvgIpc) is 3.15. The van der Waals surface area contributed by atoms with Crippen LogP contribution in [0.3, 0.4) is 0 Å². The van der Waals surface area contributed by atoms with Crippen molar-refractivity contribution in [1.29, 1.82) is 0 Å². The van der Waals surface area contributed by atoms with Gasteiger partial charge in [-0.3, -0.25) is 14.5 Å². The Kier molecular flexibility index (Phi) is 5.41. The molecular formula is C20H18FN3O2S2. The van der Waals surface area contributed by atoms with Crippen molar-refractivity contribution >= 4 is 39.9 Å². The molecule has 5 nitrogen and oxygen atoms in total. The molecule has 0 radical (unpaired) electrons. The highest BCUT2D eigenvalue weighted by molar-refractivity contribution is 8.01. The van der Waals surface area contributed by atoms with Gasteiger partial charge in [0.1, 0.15) is 5.82 Å². The number of ketones is 1. The monoisotopic (exact) mass is 415 g/mol. The molecule has 28 heavy (non-hydrogen) atoms. The third-order valence-corrected chi connectivity index (χ3v) is 6.90. The van der Waals surface area contributed by atoms with E-state index < -0.39 is 0 Å². The smallest absolute Gasteiger partial charge is 0.234 e. The lowest BCUT2D eigenvalue weighted by molar-refractivity contribution is -0.119. The maximum atomic E-state index is 13.3. The van der Waals surface area contributed by atoms with Crippen LogP contribution in [-0.2, 0) is 9.59 Å². The Morgan fingerprint density at radius 1 is 1.25 bits per heavy atom. The molecule has 2 aromatic rings. The lowest BCUT2D eigenvalue weighted by atomic mass is 9.77. The second-order valence-electron chi connectivity index (χ2n) is 6.62. The summed E-state index contributed by atoms with van der Waals surface area (Å²) in [6.45, 7) is 3.69. The van der Waals surface area contributed by atoms with Crippen LogP contribution < -0.4 is 4.90 Å². The molecule has 0 bridgehead atoms. The number of thioether (sulfide) groups is 1. The summed E-state index contributed by atoms with van der Waals surface area (Å²) in [6, 6.07) is 6.05. The first kappa shape index (κ1) is 19.0. The van der Waals surface area contributed by atoms with Crippen molar-refractivity contribution in [3.8, 4) is 0 Å². The second kappa shape index (κ2) is 7.97. The first-order chi connectivity index (χ1) is 13.6. The minimum Gasteiger partial charge on any atom is -0.294 e. The maximum absolute atomic E-state index is 13.3. The van der Waals surface area contributed by atoms with Gasteiger partial charge in [-0.25, -0.2) is 4.39 Å². The van der Waals surface area contributed by atoms with Gasteiger partial charge in [0.25, 0.3) is 0 Å². The highest BCUT2D eigenvalue weighted by Gasteiger charge is 2.40. The number of halogens is 1. The van der Waals surface area contributed by atoms with E-state index in [-0.39, 0.29) is 29.8 Å². The highest BCUT2D eigenvalue weighted by Crippen LogP contribution is 2.44. The van der Waals surface area contributed by atoms with E-state index >= 15 is 0 Å². The number of benzene rings is 1. The summed E-state index contributed by atoms with van der Waals surface area (Å²) in [6.07, 6.45) is 3.75. The van der Waals surface area contributed by atoms with E-state index in [1.807, 2.05) is 0 Å². The number of carbonyl (C=O) groups is 2.